The van der Waals surface area contributed by atoms with Crippen molar-refractivity contribution in [1.29, 1.82) is 0 Å². The summed E-state index contributed by atoms with van der Waals surface area (Å²) in [6, 6.07) is 25.1. The number of carbonyl (C=O) groups excluding carboxylic acids is 2. The van der Waals surface area contributed by atoms with Crippen LogP contribution in [-0.4, -0.2) is 27.0 Å². The summed E-state index contributed by atoms with van der Waals surface area (Å²) < 4.78 is 2.00. The standard InChI is InChI=1S/C30H23N3O5/c1-18-6-4-5-7-25(18)30(35)22-9-15-29-27(17-22)26-16-21(19(2)31-38-20(3)34)8-14-28(26)32(29)23-10-12-24(13-11-23)33(36)37/h4-17H,1-3H3/b31-19+. The predicted molar refractivity (Wildman–Crippen MR) is 146 cm³/mol. The minimum Gasteiger partial charge on any atom is -0.318 e. The summed E-state index contributed by atoms with van der Waals surface area (Å²) in [4.78, 5) is 40.2. The van der Waals surface area contributed by atoms with Crippen LogP contribution in [-0.2, 0) is 9.63 Å². The van der Waals surface area contributed by atoms with Gasteiger partial charge in [0.15, 0.2) is 5.78 Å². The van der Waals surface area contributed by atoms with Gasteiger partial charge in [0.1, 0.15) is 0 Å². The highest BCUT2D eigenvalue weighted by atomic mass is 16.7. The summed E-state index contributed by atoms with van der Waals surface area (Å²) in [5.41, 5.74) is 5.77. The first kappa shape index (κ1) is 24.6. The Balaban J connectivity index is 1.74. The van der Waals surface area contributed by atoms with E-state index >= 15 is 0 Å². The van der Waals surface area contributed by atoms with Crippen LogP contribution in [0.15, 0.2) is 90.1 Å². The fourth-order valence-corrected chi connectivity index (χ4v) is 4.56. The minimum absolute atomic E-state index is 0.000208. The quantitative estimate of drug-likeness (QED) is 0.0859. The molecule has 0 saturated heterocycles. The lowest BCUT2D eigenvalue weighted by Gasteiger charge is -2.09. The van der Waals surface area contributed by atoms with E-state index in [4.69, 9.17) is 4.84 Å². The third kappa shape index (κ3) is 4.43. The van der Waals surface area contributed by atoms with Crippen LogP contribution < -0.4 is 0 Å². The smallest absolute Gasteiger partial charge is 0.318 e. The lowest BCUT2D eigenvalue weighted by atomic mass is 9.97. The molecule has 0 radical (unpaired) electrons. The molecule has 0 aliphatic heterocycles. The topological polar surface area (TPSA) is 104 Å². The van der Waals surface area contributed by atoms with Crippen molar-refractivity contribution in [3.63, 3.8) is 0 Å². The molecule has 188 valence electrons. The van der Waals surface area contributed by atoms with Gasteiger partial charge in [-0.1, -0.05) is 35.5 Å². The van der Waals surface area contributed by atoms with Crippen LogP contribution in [0.1, 0.15) is 40.9 Å². The largest absolute Gasteiger partial charge is 0.331 e. The Labute approximate surface area is 217 Å². The van der Waals surface area contributed by atoms with Gasteiger partial charge in [0, 0.05) is 46.6 Å². The van der Waals surface area contributed by atoms with Gasteiger partial charge in [-0.05, 0) is 67.4 Å². The average Bonchev–Trinajstić information content (AvgIpc) is 3.24. The molecule has 0 amide bonds. The third-order valence-corrected chi connectivity index (χ3v) is 6.46. The van der Waals surface area contributed by atoms with Gasteiger partial charge in [0.2, 0.25) is 0 Å². The van der Waals surface area contributed by atoms with Crippen molar-refractivity contribution in [3.8, 4) is 5.69 Å². The summed E-state index contributed by atoms with van der Waals surface area (Å²) in [6.07, 6.45) is 0. The van der Waals surface area contributed by atoms with Crippen LogP contribution in [0, 0.1) is 17.0 Å². The third-order valence-electron chi connectivity index (χ3n) is 6.46. The number of carbonyl (C=O) groups is 2. The molecule has 5 rings (SSSR count). The Kier molecular flexibility index (Phi) is 6.30. The number of benzene rings is 4. The molecule has 0 bridgehead atoms. The number of nitrogens with zero attached hydrogens (tertiary/aromatic N) is 3. The number of non-ortho nitro benzene ring substituents is 1. The SMILES string of the molecule is CC(=O)O/N=C(\C)c1ccc2c(c1)c1cc(C(=O)c3ccccc3C)ccc1n2-c1ccc([N+](=O)[O-])cc1. The molecule has 0 aliphatic carbocycles. The van der Waals surface area contributed by atoms with E-state index in [9.17, 15) is 19.7 Å². The Morgan fingerprint density at radius 3 is 2.05 bits per heavy atom. The lowest BCUT2D eigenvalue weighted by molar-refractivity contribution is -0.384. The number of nitro benzene ring substituents is 1. The number of aryl methyl sites for hydroxylation is 1. The van der Waals surface area contributed by atoms with E-state index in [-0.39, 0.29) is 11.5 Å². The second kappa shape index (κ2) is 9.74. The maximum Gasteiger partial charge on any atom is 0.331 e. The van der Waals surface area contributed by atoms with Gasteiger partial charge in [-0.3, -0.25) is 14.9 Å². The van der Waals surface area contributed by atoms with Gasteiger partial charge in [0.05, 0.1) is 21.7 Å². The van der Waals surface area contributed by atoms with E-state index in [1.807, 2.05) is 66.1 Å². The van der Waals surface area contributed by atoms with Crippen molar-refractivity contribution in [2.45, 2.75) is 20.8 Å². The molecule has 1 heterocycles. The fourth-order valence-electron chi connectivity index (χ4n) is 4.56. The number of rotatable bonds is 6. The summed E-state index contributed by atoms with van der Waals surface area (Å²) >= 11 is 0. The minimum atomic E-state index is -0.514. The maximum absolute atomic E-state index is 13.4. The van der Waals surface area contributed by atoms with Crippen molar-refractivity contribution in [2.24, 2.45) is 5.16 Å². The molecule has 1 aromatic heterocycles. The van der Waals surface area contributed by atoms with Gasteiger partial charge in [-0.15, -0.1) is 0 Å². The number of aromatic nitrogens is 1. The van der Waals surface area contributed by atoms with Crippen LogP contribution in [0.4, 0.5) is 5.69 Å². The molecule has 0 saturated carbocycles. The van der Waals surface area contributed by atoms with Gasteiger partial charge < -0.3 is 9.40 Å². The van der Waals surface area contributed by atoms with Crippen LogP contribution in [0.3, 0.4) is 0 Å². The number of hydrogen-bond donors (Lipinski definition) is 0. The van der Waals surface area contributed by atoms with Crippen molar-refractivity contribution in [1.82, 2.24) is 4.57 Å². The zero-order chi connectivity index (χ0) is 27.0. The van der Waals surface area contributed by atoms with E-state index in [1.165, 1.54) is 19.1 Å². The van der Waals surface area contributed by atoms with Gasteiger partial charge in [-0.2, -0.15) is 0 Å². The van der Waals surface area contributed by atoms with E-state index in [0.29, 0.717) is 16.8 Å². The average molecular weight is 506 g/mol. The number of fused-ring (bicyclic) bond motifs is 3. The number of ketones is 1. The number of oxime groups is 1. The Bertz CT molecular complexity index is 1780. The second-order valence-electron chi connectivity index (χ2n) is 8.98. The first-order valence-corrected chi connectivity index (χ1v) is 11.9. The molecule has 0 unspecified atom stereocenters. The van der Waals surface area contributed by atoms with Crippen LogP contribution in [0.2, 0.25) is 0 Å². The van der Waals surface area contributed by atoms with Crippen molar-refractivity contribution in [2.75, 3.05) is 0 Å². The zero-order valence-corrected chi connectivity index (χ0v) is 21.0. The zero-order valence-electron chi connectivity index (χ0n) is 21.0. The Morgan fingerprint density at radius 1 is 0.842 bits per heavy atom. The summed E-state index contributed by atoms with van der Waals surface area (Å²) in [7, 11) is 0. The molecule has 0 fully saturated rings. The van der Waals surface area contributed by atoms with Crippen molar-refractivity contribution >= 4 is 45.0 Å². The molecule has 8 heteroatoms. The van der Waals surface area contributed by atoms with E-state index in [1.54, 1.807) is 25.1 Å². The monoisotopic (exact) mass is 505 g/mol. The molecular weight excluding hydrogens is 482 g/mol. The second-order valence-corrected chi connectivity index (χ2v) is 8.98. The molecule has 0 spiro atoms. The maximum atomic E-state index is 13.4. The van der Waals surface area contributed by atoms with Gasteiger partial charge in [-0.25, -0.2) is 4.79 Å². The molecule has 38 heavy (non-hydrogen) atoms. The van der Waals surface area contributed by atoms with E-state index in [2.05, 4.69) is 5.16 Å². The molecule has 5 aromatic rings. The normalized spacial score (nSPS) is 11.6. The van der Waals surface area contributed by atoms with Crippen molar-refractivity contribution in [3.05, 3.63) is 117 Å². The van der Waals surface area contributed by atoms with E-state index < -0.39 is 10.9 Å². The molecule has 0 aliphatic rings. The first-order chi connectivity index (χ1) is 18.2. The fraction of sp³-hybridized carbons (Fsp3) is 0.100. The van der Waals surface area contributed by atoms with Gasteiger partial charge >= 0.3 is 5.97 Å². The van der Waals surface area contributed by atoms with Gasteiger partial charge in [0.25, 0.3) is 5.69 Å². The number of hydrogen-bond acceptors (Lipinski definition) is 6. The van der Waals surface area contributed by atoms with E-state index in [0.717, 1.165) is 38.6 Å². The van der Waals surface area contributed by atoms with Crippen molar-refractivity contribution < 1.29 is 19.3 Å². The lowest BCUT2D eigenvalue weighted by Crippen LogP contribution is -2.03. The highest BCUT2D eigenvalue weighted by Gasteiger charge is 2.18. The predicted octanol–water partition coefficient (Wildman–Crippen LogP) is 6.52. The molecule has 0 atom stereocenters. The summed E-state index contributed by atoms with van der Waals surface area (Å²) in [5, 5.41) is 16.8. The summed E-state index contributed by atoms with van der Waals surface area (Å²) in [6.45, 7) is 4.93. The van der Waals surface area contributed by atoms with Crippen LogP contribution in [0.5, 0.6) is 0 Å². The highest BCUT2D eigenvalue weighted by Crippen LogP contribution is 2.34. The van der Waals surface area contributed by atoms with Crippen LogP contribution in [0.25, 0.3) is 27.5 Å². The molecule has 8 nitrogen and oxygen atoms in total. The number of nitro groups is 1. The first-order valence-electron chi connectivity index (χ1n) is 11.9. The Hall–Kier alpha value is -5.11. The highest BCUT2D eigenvalue weighted by molar-refractivity contribution is 6.16. The molecule has 0 N–H and O–H groups in total. The summed E-state index contributed by atoms with van der Waals surface area (Å²) in [5.74, 6) is -0.593. The molecule has 4 aromatic carbocycles. The molecular formula is C30H23N3O5. The van der Waals surface area contributed by atoms with Crippen LogP contribution >= 0.6 is 0 Å². The Morgan fingerprint density at radius 2 is 1.45 bits per heavy atom.